The van der Waals surface area contributed by atoms with Crippen LogP contribution in [0.1, 0.15) is 25.6 Å². The molecule has 0 saturated heterocycles. The lowest BCUT2D eigenvalue weighted by Crippen LogP contribution is -2.34. The number of hydrogen-bond acceptors (Lipinski definition) is 3. The van der Waals surface area contributed by atoms with Gasteiger partial charge in [0.25, 0.3) is 0 Å². The summed E-state index contributed by atoms with van der Waals surface area (Å²) in [6.45, 7) is 6.94. The van der Waals surface area contributed by atoms with Gasteiger partial charge in [0, 0.05) is 12.7 Å². The van der Waals surface area contributed by atoms with Crippen molar-refractivity contribution in [2.45, 2.75) is 19.9 Å². The smallest absolute Gasteiger partial charge is 0.0644 e. The molecule has 14 heavy (non-hydrogen) atoms. The van der Waals surface area contributed by atoms with E-state index in [2.05, 4.69) is 23.7 Å². The van der Waals surface area contributed by atoms with E-state index in [1.54, 1.807) is 0 Å². The molecule has 78 valence electrons. The highest BCUT2D eigenvalue weighted by atomic mass is 15.2. The Labute approximate surface area is 85.9 Å². The van der Waals surface area contributed by atoms with Gasteiger partial charge in [-0.2, -0.15) is 0 Å². The van der Waals surface area contributed by atoms with Crippen molar-refractivity contribution in [3.05, 3.63) is 30.1 Å². The summed E-state index contributed by atoms with van der Waals surface area (Å²) in [6, 6.07) is 6.23. The van der Waals surface area contributed by atoms with Gasteiger partial charge >= 0.3 is 0 Å². The second kappa shape index (κ2) is 5.73. The predicted octanol–water partition coefficient (Wildman–Crippen LogP) is 1.42. The summed E-state index contributed by atoms with van der Waals surface area (Å²) in [6.07, 6.45) is 1.82. The third-order valence-electron chi connectivity index (χ3n) is 2.51. The molecule has 0 bridgehead atoms. The van der Waals surface area contributed by atoms with E-state index in [0.717, 1.165) is 18.8 Å². The average Bonchev–Trinajstić information content (AvgIpc) is 2.27. The van der Waals surface area contributed by atoms with Gasteiger partial charge in [-0.25, -0.2) is 0 Å². The Morgan fingerprint density at radius 3 is 2.50 bits per heavy atom. The van der Waals surface area contributed by atoms with Gasteiger partial charge in [-0.3, -0.25) is 9.88 Å². The summed E-state index contributed by atoms with van der Waals surface area (Å²) in [5.74, 6) is 0. The zero-order chi connectivity index (χ0) is 10.4. The Morgan fingerprint density at radius 2 is 2.07 bits per heavy atom. The zero-order valence-corrected chi connectivity index (χ0v) is 8.98. The van der Waals surface area contributed by atoms with E-state index in [1.165, 1.54) is 0 Å². The molecular weight excluding hydrogens is 174 g/mol. The first kappa shape index (κ1) is 11.1. The van der Waals surface area contributed by atoms with Crippen LogP contribution in [0.4, 0.5) is 0 Å². The Morgan fingerprint density at radius 1 is 1.36 bits per heavy atom. The molecule has 0 amide bonds. The fourth-order valence-electron chi connectivity index (χ4n) is 1.69. The molecule has 0 radical (unpaired) electrons. The molecule has 3 heteroatoms. The van der Waals surface area contributed by atoms with Crippen LogP contribution in [0.15, 0.2) is 24.4 Å². The first-order valence-corrected chi connectivity index (χ1v) is 5.18. The fourth-order valence-corrected chi connectivity index (χ4v) is 1.69. The van der Waals surface area contributed by atoms with Crippen molar-refractivity contribution in [1.29, 1.82) is 0 Å². The minimum Gasteiger partial charge on any atom is -0.329 e. The molecule has 1 rings (SSSR count). The molecule has 0 saturated carbocycles. The van der Waals surface area contributed by atoms with E-state index in [4.69, 9.17) is 5.73 Å². The molecule has 3 nitrogen and oxygen atoms in total. The average molecular weight is 193 g/mol. The van der Waals surface area contributed by atoms with Crippen molar-refractivity contribution in [2.75, 3.05) is 19.6 Å². The molecule has 0 spiro atoms. The van der Waals surface area contributed by atoms with Crippen LogP contribution in [0.2, 0.25) is 0 Å². The van der Waals surface area contributed by atoms with Gasteiger partial charge in [0.2, 0.25) is 0 Å². The maximum Gasteiger partial charge on any atom is 0.0644 e. The van der Waals surface area contributed by atoms with Gasteiger partial charge in [-0.15, -0.1) is 0 Å². The first-order chi connectivity index (χ1) is 6.83. The van der Waals surface area contributed by atoms with Gasteiger partial charge in [0.05, 0.1) is 11.7 Å². The SMILES string of the molecule is CCN(CC)C(CN)c1ccccn1. The molecule has 0 aromatic carbocycles. The van der Waals surface area contributed by atoms with E-state index in [9.17, 15) is 0 Å². The topological polar surface area (TPSA) is 42.1 Å². The second-order valence-electron chi connectivity index (χ2n) is 3.23. The molecule has 1 aromatic heterocycles. The Bertz CT molecular complexity index is 244. The van der Waals surface area contributed by atoms with Crippen LogP contribution in [-0.4, -0.2) is 29.5 Å². The molecule has 0 aliphatic carbocycles. The van der Waals surface area contributed by atoms with Crippen molar-refractivity contribution in [3.63, 3.8) is 0 Å². The standard InChI is InChI=1S/C11H19N3/c1-3-14(4-2)11(9-12)10-7-5-6-8-13-10/h5-8,11H,3-4,9,12H2,1-2H3. The van der Waals surface area contributed by atoms with Gasteiger partial charge in [0.1, 0.15) is 0 Å². The number of rotatable bonds is 5. The van der Waals surface area contributed by atoms with Crippen LogP contribution in [-0.2, 0) is 0 Å². The molecule has 1 atom stereocenters. The minimum atomic E-state index is 0.256. The van der Waals surface area contributed by atoms with Crippen molar-refractivity contribution in [3.8, 4) is 0 Å². The predicted molar refractivity (Wildman–Crippen MR) is 59.0 cm³/mol. The van der Waals surface area contributed by atoms with Crippen molar-refractivity contribution < 1.29 is 0 Å². The lowest BCUT2D eigenvalue weighted by atomic mass is 10.1. The molecule has 0 aliphatic rings. The maximum absolute atomic E-state index is 5.78. The Balaban J connectivity index is 2.81. The van der Waals surface area contributed by atoms with Crippen LogP contribution < -0.4 is 5.73 Å². The fraction of sp³-hybridized carbons (Fsp3) is 0.545. The lowest BCUT2D eigenvalue weighted by Gasteiger charge is -2.27. The molecule has 1 heterocycles. The number of pyridine rings is 1. The van der Waals surface area contributed by atoms with Crippen molar-refractivity contribution in [1.82, 2.24) is 9.88 Å². The summed E-state index contributed by atoms with van der Waals surface area (Å²) in [4.78, 5) is 6.67. The van der Waals surface area contributed by atoms with Crippen LogP contribution in [0.5, 0.6) is 0 Å². The normalized spacial score (nSPS) is 13.1. The summed E-state index contributed by atoms with van der Waals surface area (Å²) < 4.78 is 0. The van der Waals surface area contributed by atoms with Gasteiger partial charge in [0.15, 0.2) is 0 Å². The molecule has 0 aliphatic heterocycles. The van der Waals surface area contributed by atoms with Crippen LogP contribution in [0.3, 0.4) is 0 Å². The molecular formula is C11H19N3. The number of nitrogens with zero attached hydrogens (tertiary/aromatic N) is 2. The zero-order valence-electron chi connectivity index (χ0n) is 8.98. The van der Waals surface area contributed by atoms with Crippen LogP contribution in [0, 0.1) is 0 Å². The van der Waals surface area contributed by atoms with E-state index in [0.29, 0.717) is 6.54 Å². The van der Waals surface area contributed by atoms with Gasteiger partial charge in [-0.05, 0) is 25.2 Å². The Hall–Kier alpha value is -0.930. The first-order valence-electron chi connectivity index (χ1n) is 5.18. The number of aromatic nitrogens is 1. The largest absolute Gasteiger partial charge is 0.329 e. The van der Waals surface area contributed by atoms with E-state index < -0.39 is 0 Å². The van der Waals surface area contributed by atoms with E-state index in [1.807, 2.05) is 24.4 Å². The van der Waals surface area contributed by atoms with Gasteiger partial charge in [-0.1, -0.05) is 19.9 Å². The highest BCUT2D eigenvalue weighted by molar-refractivity contribution is 5.09. The van der Waals surface area contributed by atoms with Crippen molar-refractivity contribution in [2.24, 2.45) is 5.73 Å². The Kier molecular flexibility index (Phi) is 4.56. The molecule has 1 unspecified atom stereocenters. The third kappa shape index (κ3) is 2.53. The quantitative estimate of drug-likeness (QED) is 0.769. The lowest BCUT2D eigenvalue weighted by molar-refractivity contribution is 0.220. The molecule has 1 aromatic rings. The molecule has 0 fully saturated rings. The summed E-state index contributed by atoms with van der Waals surface area (Å²) in [5.41, 5.74) is 6.84. The third-order valence-corrected chi connectivity index (χ3v) is 2.51. The maximum atomic E-state index is 5.78. The number of hydrogen-bond donors (Lipinski definition) is 1. The highest BCUT2D eigenvalue weighted by Gasteiger charge is 2.16. The highest BCUT2D eigenvalue weighted by Crippen LogP contribution is 2.15. The number of nitrogens with two attached hydrogens (primary N) is 1. The summed E-state index contributed by atoms with van der Waals surface area (Å²) in [5, 5.41) is 0. The molecule has 2 N–H and O–H groups in total. The number of likely N-dealkylation sites (N-methyl/N-ethyl adjacent to an activating group) is 1. The van der Waals surface area contributed by atoms with Crippen LogP contribution in [0.25, 0.3) is 0 Å². The summed E-state index contributed by atoms with van der Waals surface area (Å²) >= 11 is 0. The van der Waals surface area contributed by atoms with Crippen molar-refractivity contribution >= 4 is 0 Å². The van der Waals surface area contributed by atoms with E-state index >= 15 is 0 Å². The second-order valence-corrected chi connectivity index (χ2v) is 3.23. The van der Waals surface area contributed by atoms with E-state index in [-0.39, 0.29) is 6.04 Å². The van der Waals surface area contributed by atoms with Crippen LogP contribution >= 0.6 is 0 Å². The summed E-state index contributed by atoms with van der Waals surface area (Å²) in [7, 11) is 0. The minimum absolute atomic E-state index is 0.256. The monoisotopic (exact) mass is 193 g/mol. The van der Waals surface area contributed by atoms with Gasteiger partial charge < -0.3 is 5.73 Å².